The van der Waals surface area contributed by atoms with Crippen LogP contribution in [0.5, 0.6) is 0 Å². The van der Waals surface area contributed by atoms with Gasteiger partial charge in [0, 0.05) is 25.3 Å². The van der Waals surface area contributed by atoms with Crippen LogP contribution in [0.1, 0.15) is 37.9 Å². The molecule has 0 radical (unpaired) electrons. The van der Waals surface area contributed by atoms with E-state index in [4.69, 9.17) is 9.72 Å². The number of hydrogen-bond donors (Lipinski definition) is 1. The highest BCUT2D eigenvalue weighted by atomic mass is 16.5. The highest BCUT2D eigenvalue weighted by Crippen LogP contribution is 2.29. The molecule has 0 amide bonds. The maximum Gasteiger partial charge on any atom is 0.129 e. The lowest BCUT2D eigenvalue weighted by molar-refractivity contribution is 0.0302. The van der Waals surface area contributed by atoms with Crippen LogP contribution in [0.3, 0.4) is 0 Å². The fraction of sp³-hybridized carbons (Fsp3) is 0.688. The molecule has 2 fully saturated rings. The molecule has 2 atom stereocenters. The summed E-state index contributed by atoms with van der Waals surface area (Å²) in [5, 5.41) is 3.40. The van der Waals surface area contributed by atoms with Gasteiger partial charge in [0.05, 0.1) is 12.2 Å². The monoisotopic (exact) mass is 275 g/mol. The molecule has 0 aliphatic carbocycles. The minimum absolute atomic E-state index is 0.415. The number of aromatic nitrogens is 1. The lowest BCUT2D eigenvalue weighted by atomic mass is 10.1. The van der Waals surface area contributed by atoms with Gasteiger partial charge in [-0.15, -0.1) is 0 Å². The average molecular weight is 275 g/mol. The van der Waals surface area contributed by atoms with Crippen LogP contribution in [-0.2, 0) is 17.7 Å². The van der Waals surface area contributed by atoms with Crippen molar-refractivity contribution in [2.45, 2.75) is 51.9 Å². The molecule has 3 rings (SSSR count). The first-order valence-corrected chi connectivity index (χ1v) is 7.89. The molecule has 4 heteroatoms. The molecule has 1 aromatic heterocycles. The van der Waals surface area contributed by atoms with E-state index in [0.717, 1.165) is 38.4 Å². The molecule has 20 heavy (non-hydrogen) atoms. The smallest absolute Gasteiger partial charge is 0.129 e. The maximum atomic E-state index is 5.92. The van der Waals surface area contributed by atoms with Gasteiger partial charge in [-0.2, -0.15) is 0 Å². The maximum absolute atomic E-state index is 5.92. The third kappa shape index (κ3) is 2.96. The van der Waals surface area contributed by atoms with Gasteiger partial charge in [-0.3, -0.25) is 0 Å². The molecule has 4 nitrogen and oxygen atoms in total. The predicted molar refractivity (Wildman–Crippen MR) is 81.1 cm³/mol. The van der Waals surface area contributed by atoms with Gasteiger partial charge in [0.15, 0.2) is 0 Å². The molecular formula is C16H25N3O. The molecule has 2 unspecified atom stereocenters. The normalized spacial score (nSPS) is 25.2. The van der Waals surface area contributed by atoms with E-state index in [2.05, 4.69) is 36.2 Å². The average Bonchev–Trinajstić information content (AvgIpc) is 2.83. The van der Waals surface area contributed by atoms with Gasteiger partial charge >= 0.3 is 0 Å². The van der Waals surface area contributed by atoms with E-state index in [1.807, 2.05) is 0 Å². The molecule has 0 saturated carbocycles. The molecule has 0 aromatic carbocycles. The Morgan fingerprint density at radius 1 is 1.25 bits per heavy atom. The fourth-order valence-electron chi connectivity index (χ4n) is 3.15. The van der Waals surface area contributed by atoms with Crippen molar-refractivity contribution in [3.05, 3.63) is 23.4 Å². The summed E-state index contributed by atoms with van der Waals surface area (Å²) in [4.78, 5) is 7.24. The summed E-state index contributed by atoms with van der Waals surface area (Å²) in [5.74, 6) is 1.14. The first kappa shape index (κ1) is 13.8. The number of anilines is 1. The second-order valence-electron chi connectivity index (χ2n) is 5.82. The molecule has 2 aliphatic rings. The van der Waals surface area contributed by atoms with Gasteiger partial charge in [0.1, 0.15) is 5.82 Å². The van der Waals surface area contributed by atoms with Gasteiger partial charge in [-0.25, -0.2) is 4.98 Å². The van der Waals surface area contributed by atoms with Crippen LogP contribution in [-0.4, -0.2) is 36.8 Å². The molecular weight excluding hydrogens is 250 g/mol. The van der Waals surface area contributed by atoms with E-state index in [0.29, 0.717) is 12.2 Å². The zero-order valence-corrected chi connectivity index (χ0v) is 12.6. The number of ether oxygens (including phenoxy) is 1. The van der Waals surface area contributed by atoms with Crippen molar-refractivity contribution in [2.24, 2.45) is 0 Å². The summed E-state index contributed by atoms with van der Waals surface area (Å²) in [7, 11) is 0. The minimum Gasteiger partial charge on any atom is -0.371 e. The standard InChI is InChI=1S/C16H25N3O/c1-3-13-7-12(9-17-4-2)8-16(18-13)19-10-14-5-6-15(11-19)20-14/h7-8,14-15,17H,3-6,9-11H2,1-2H3. The Balaban J connectivity index is 1.80. The molecule has 110 valence electrons. The number of fused-ring (bicyclic) bond motifs is 2. The van der Waals surface area contributed by atoms with Crippen LogP contribution in [0.25, 0.3) is 0 Å². The van der Waals surface area contributed by atoms with Crippen LogP contribution in [0.2, 0.25) is 0 Å². The van der Waals surface area contributed by atoms with Crippen LogP contribution >= 0.6 is 0 Å². The van der Waals surface area contributed by atoms with Gasteiger partial charge in [-0.1, -0.05) is 13.8 Å². The van der Waals surface area contributed by atoms with Crippen molar-refractivity contribution in [2.75, 3.05) is 24.5 Å². The summed E-state index contributed by atoms with van der Waals surface area (Å²) in [6.07, 6.45) is 4.23. The fourth-order valence-corrected chi connectivity index (χ4v) is 3.15. The van der Waals surface area contributed by atoms with E-state index in [9.17, 15) is 0 Å². The van der Waals surface area contributed by atoms with Crippen molar-refractivity contribution < 1.29 is 4.74 Å². The van der Waals surface area contributed by atoms with Crippen molar-refractivity contribution in [3.63, 3.8) is 0 Å². The van der Waals surface area contributed by atoms with Gasteiger partial charge in [0.2, 0.25) is 0 Å². The van der Waals surface area contributed by atoms with Crippen LogP contribution < -0.4 is 10.2 Å². The minimum atomic E-state index is 0.415. The van der Waals surface area contributed by atoms with Crippen LogP contribution in [0, 0.1) is 0 Å². The molecule has 1 N–H and O–H groups in total. The molecule has 2 aliphatic heterocycles. The third-order valence-electron chi connectivity index (χ3n) is 4.23. The van der Waals surface area contributed by atoms with Crippen molar-refractivity contribution in [1.29, 1.82) is 0 Å². The Labute approximate surface area is 121 Å². The summed E-state index contributed by atoms with van der Waals surface area (Å²) >= 11 is 0. The van der Waals surface area contributed by atoms with Crippen molar-refractivity contribution in [3.8, 4) is 0 Å². The molecule has 3 heterocycles. The first-order valence-electron chi connectivity index (χ1n) is 7.89. The van der Waals surface area contributed by atoms with Crippen LogP contribution in [0.4, 0.5) is 5.82 Å². The number of hydrogen-bond acceptors (Lipinski definition) is 4. The number of morpholine rings is 1. The molecule has 2 bridgehead atoms. The quantitative estimate of drug-likeness (QED) is 0.893. The summed E-state index contributed by atoms with van der Waals surface area (Å²) in [6, 6.07) is 4.47. The highest BCUT2D eigenvalue weighted by Gasteiger charge is 2.34. The predicted octanol–water partition coefficient (Wildman–Crippen LogP) is 2.12. The number of pyridine rings is 1. The second-order valence-corrected chi connectivity index (χ2v) is 5.82. The summed E-state index contributed by atoms with van der Waals surface area (Å²) < 4.78 is 5.92. The van der Waals surface area contributed by atoms with Gasteiger partial charge in [0.25, 0.3) is 0 Å². The van der Waals surface area contributed by atoms with Crippen molar-refractivity contribution >= 4 is 5.82 Å². The summed E-state index contributed by atoms with van der Waals surface area (Å²) in [5.41, 5.74) is 2.53. The zero-order valence-electron chi connectivity index (χ0n) is 12.6. The Morgan fingerprint density at radius 3 is 2.65 bits per heavy atom. The van der Waals surface area contributed by atoms with Crippen molar-refractivity contribution in [1.82, 2.24) is 10.3 Å². The zero-order chi connectivity index (χ0) is 13.9. The van der Waals surface area contributed by atoms with E-state index >= 15 is 0 Å². The first-order chi connectivity index (χ1) is 9.78. The lowest BCUT2D eigenvalue weighted by Crippen LogP contribution is -2.43. The van der Waals surface area contributed by atoms with E-state index in [-0.39, 0.29) is 0 Å². The molecule has 2 saturated heterocycles. The topological polar surface area (TPSA) is 37.4 Å². The van der Waals surface area contributed by atoms with Crippen LogP contribution in [0.15, 0.2) is 12.1 Å². The second kappa shape index (κ2) is 6.10. The Kier molecular flexibility index (Phi) is 4.22. The molecule has 0 spiro atoms. The number of nitrogens with zero attached hydrogens (tertiary/aromatic N) is 2. The number of rotatable bonds is 5. The Morgan fingerprint density at radius 2 is 2.00 bits per heavy atom. The van der Waals surface area contributed by atoms with E-state index in [1.165, 1.54) is 24.1 Å². The van der Waals surface area contributed by atoms with E-state index < -0.39 is 0 Å². The Bertz CT molecular complexity index is 451. The SMILES string of the molecule is CCNCc1cc(CC)nc(N2CC3CCC(C2)O3)c1. The highest BCUT2D eigenvalue weighted by molar-refractivity contribution is 5.44. The molecule has 1 aromatic rings. The lowest BCUT2D eigenvalue weighted by Gasteiger charge is -2.33. The van der Waals surface area contributed by atoms with Gasteiger partial charge in [-0.05, 0) is 43.5 Å². The van der Waals surface area contributed by atoms with Gasteiger partial charge < -0.3 is 15.0 Å². The summed E-state index contributed by atoms with van der Waals surface area (Å²) in [6.45, 7) is 8.24. The largest absolute Gasteiger partial charge is 0.371 e. The number of aryl methyl sites for hydroxylation is 1. The number of nitrogens with one attached hydrogen (secondary N) is 1. The third-order valence-corrected chi connectivity index (χ3v) is 4.23. The van der Waals surface area contributed by atoms with E-state index in [1.54, 1.807) is 0 Å². The Hall–Kier alpha value is -1.13.